The van der Waals surface area contributed by atoms with Crippen molar-refractivity contribution >= 4 is 11.4 Å². The number of piperidine rings is 1. The molecule has 1 aliphatic rings. The van der Waals surface area contributed by atoms with Crippen LogP contribution >= 0.6 is 0 Å². The molecule has 1 aliphatic heterocycles. The second-order valence-corrected chi connectivity index (χ2v) is 5.17. The van der Waals surface area contributed by atoms with E-state index < -0.39 is 0 Å². The number of benzene rings is 1. The number of hydrogen-bond acceptors (Lipinski definition) is 4. The van der Waals surface area contributed by atoms with Crippen LogP contribution in [0.25, 0.3) is 0 Å². The number of aliphatic hydroxyl groups is 1. The summed E-state index contributed by atoms with van der Waals surface area (Å²) in [7, 11) is 0. The molecule has 1 atom stereocenters. The van der Waals surface area contributed by atoms with Crippen LogP contribution in [0.1, 0.15) is 26.2 Å². The Morgan fingerprint density at radius 3 is 3.05 bits per heavy atom. The highest BCUT2D eigenvalue weighted by atomic mass is 16.5. The van der Waals surface area contributed by atoms with Crippen LogP contribution < -0.4 is 15.4 Å². The molecule has 106 valence electrons. The van der Waals surface area contributed by atoms with Gasteiger partial charge in [0.15, 0.2) is 0 Å². The Bertz CT molecular complexity index is 409. The van der Waals surface area contributed by atoms with Crippen molar-refractivity contribution in [3.63, 3.8) is 0 Å². The van der Waals surface area contributed by atoms with E-state index in [0.29, 0.717) is 12.5 Å². The van der Waals surface area contributed by atoms with E-state index in [1.54, 1.807) is 0 Å². The fourth-order valence-electron chi connectivity index (χ4n) is 2.58. The normalized spacial score (nSPS) is 19.5. The van der Waals surface area contributed by atoms with Crippen molar-refractivity contribution in [3.05, 3.63) is 18.2 Å². The summed E-state index contributed by atoms with van der Waals surface area (Å²) < 4.78 is 5.67. The predicted octanol–water partition coefficient (Wildman–Crippen LogP) is 2.27. The van der Waals surface area contributed by atoms with E-state index in [9.17, 15) is 5.11 Å². The Hall–Kier alpha value is -1.42. The molecule has 0 saturated carbocycles. The van der Waals surface area contributed by atoms with E-state index >= 15 is 0 Å². The van der Waals surface area contributed by atoms with Crippen LogP contribution in [0.2, 0.25) is 0 Å². The molecule has 19 heavy (non-hydrogen) atoms. The zero-order chi connectivity index (χ0) is 13.7. The van der Waals surface area contributed by atoms with Crippen LogP contribution in [-0.2, 0) is 0 Å². The van der Waals surface area contributed by atoms with E-state index in [0.717, 1.165) is 49.5 Å². The lowest BCUT2D eigenvalue weighted by Gasteiger charge is -2.34. The van der Waals surface area contributed by atoms with Crippen LogP contribution in [0, 0.1) is 5.92 Å². The number of anilines is 2. The Labute approximate surface area is 115 Å². The van der Waals surface area contributed by atoms with Gasteiger partial charge in [-0.1, -0.05) is 13.0 Å². The quantitative estimate of drug-likeness (QED) is 0.801. The zero-order valence-corrected chi connectivity index (χ0v) is 11.6. The van der Waals surface area contributed by atoms with E-state index in [1.807, 2.05) is 18.2 Å². The van der Waals surface area contributed by atoms with Gasteiger partial charge in [-0.2, -0.15) is 0 Å². The summed E-state index contributed by atoms with van der Waals surface area (Å²) in [5, 5.41) is 9.31. The molecule has 3 N–H and O–H groups in total. The standard InChI is InChI=1S/C15H24N2O2/c1-2-9-19-14-7-3-6-13(15(14)16)17-8-4-5-12(10-17)11-18/h3,6-7,12,18H,2,4-5,8-11,16H2,1H3. The summed E-state index contributed by atoms with van der Waals surface area (Å²) in [6, 6.07) is 5.94. The molecule has 0 radical (unpaired) electrons. The highest BCUT2D eigenvalue weighted by Gasteiger charge is 2.21. The van der Waals surface area contributed by atoms with Crippen molar-refractivity contribution < 1.29 is 9.84 Å². The second kappa shape index (κ2) is 6.66. The van der Waals surface area contributed by atoms with Crippen molar-refractivity contribution in [2.45, 2.75) is 26.2 Å². The molecular weight excluding hydrogens is 240 g/mol. The van der Waals surface area contributed by atoms with Crippen LogP contribution in [0.4, 0.5) is 11.4 Å². The number of nitrogen functional groups attached to an aromatic ring is 1. The molecular formula is C15H24N2O2. The fraction of sp³-hybridized carbons (Fsp3) is 0.600. The summed E-state index contributed by atoms with van der Waals surface area (Å²) in [6.07, 6.45) is 3.17. The Kier molecular flexibility index (Phi) is 4.91. The molecule has 4 nitrogen and oxygen atoms in total. The molecule has 1 heterocycles. The molecule has 2 rings (SSSR count). The molecule has 0 aliphatic carbocycles. The largest absolute Gasteiger partial charge is 0.491 e. The van der Waals surface area contributed by atoms with Gasteiger partial charge in [0.2, 0.25) is 0 Å². The van der Waals surface area contributed by atoms with Crippen LogP contribution in [0.15, 0.2) is 18.2 Å². The molecule has 1 unspecified atom stereocenters. The molecule has 1 fully saturated rings. The van der Waals surface area contributed by atoms with Gasteiger partial charge in [-0.25, -0.2) is 0 Å². The summed E-state index contributed by atoms with van der Waals surface area (Å²) >= 11 is 0. The molecule has 1 saturated heterocycles. The molecule has 0 spiro atoms. The Morgan fingerprint density at radius 2 is 2.32 bits per heavy atom. The predicted molar refractivity (Wildman–Crippen MR) is 78.7 cm³/mol. The Morgan fingerprint density at radius 1 is 1.47 bits per heavy atom. The number of rotatable bonds is 5. The van der Waals surface area contributed by atoms with Gasteiger partial charge >= 0.3 is 0 Å². The van der Waals surface area contributed by atoms with Gasteiger partial charge in [-0.15, -0.1) is 0 Å². The summed E-state index contributed by atoms with van der Waals surface area (Å²) in [6.45, 7) is 4.89. The molecule has 4 heteroatoms. The maximum absolute atomic E-state index is 9.31. The van der Waals surface area contributed by atoms with Gasteiger partial charge in [0.05, 0.1) is 18.0 Å². The van der Waals surface area contributed by atoms with Crippen molar-refractivity contribution in [2.75, 3.05) is 36.9 Å². The first-order valence-electron chi connectivity index (χ1n) is 7.13. The number of nitrogens with two attached hydrogens (primary N) is 1. The smallest absolute Gasteiger partial charge is 0.144 e. The van der Waals surface area contributed by atoms with Crippen molar-refractivity contribution in [3.8, 4) is 5.75 Å². The van der Waals surface area contributed by atoms with Gasteiger partial charge < -0.3 is 20.5 Å². The zero-order valence-electron chi connectivity index (χ0n) is 11.6. The summed E-state index contributed by atoms with van der Waals surface area (Å²) in [5.74, 6) is 1.12. The summed E-state index contributed by atoms with van der Waals surface area (Å²) in [4.78, 5) is 2.26. The van der Waals surface area contributed by atoms with Gasteiger partial charge in [0.1, 0.15) is 5.75 Å². The van der Waals surface area contributed by atoms with Crippen LogP contribution in [-0.4, -0.2) is 31.4 Å². The van der Waals surface area contributed by atoms with Crippen molar-refractivity contribution in [1.82, 2.24) is 0 Å². The van der Waals surface area contributed by atoms with Crippen molar-refractivity contribution in [2.24, 2.45) is 5.92 Å². The lowest BCUT2D eigenvalue weighted by atomic mass is 9.98. The van der Waals surface area contributed by atoms with Gasteiger partial charge in [0, 0.05) is 19.7 Å². The van der Waals surface area contributed by atoms with Gasteiger partial charge in [0.25, 0.3) is 0 Å². The van der Waals surface area contributed by atoms with E-state index in [-0.39, 0.29) is 6.61 Å². The maximum atomic E-state index is 9.31. The van der Waals surface area contributed by atoms with Gasteiger partial charge in [-0.05, 0) is 37.3 Å². The highest BCUT2D eigenvalue weighted by Crippen LogP contribution is 2.34. The van der Waals surface area contributed by atoms with Crippen LogP contribution in [0.5, 0.6) is 5.75 Å². The first-order valence-corrected chi connectivity index (χ1v) is 7.13. The topological polar surface area (TPSA) is 58.7 Å². The van der Waals surface area contributed by atoms with E-state index in [2.05, 4.69) is 11.8 Å². The minimum absolute atomic E-state index is 0.252. The highest BCUT2D eigenvalue weighted by molar-refractivity contribution is 5.74. The average Bonchev–Trinajstić information content (AvgIpc) is 2.46. The number of nitrogens with zero attached hydrogens (tertiary/aromatic N) is 1. The monoisotopic (exact) mass is 264 g/mol. The third-order valence-electron chi connectivity index (χ3n) is 3.62. The maximum Gasteiger partial charge on any atom is 0.144 e. The molecule has 1 aromatic carbocycles. The van der Waals surface area contributed by atoms with Crippen LogP contribution in [0.3, 0.4) is 0 Å². The second-order valence-electron chi connectivity index (χ2n) is 5.17. The number of hydrogen-bond donors (Lipinski definition) is 2. The van der Waals surface area contributed by atoms with Crippen molar-refractivity contribution in [1.29, 1.82) is 0 Å². The lowest BCUT2D eigenvalue weighted by Crippen LogP contribution is -2.37. The number of ether oxygens (including phenoxy) is 1. The summed E-state index contributed by atoms with van der Waals surface area (Å²) in [5.41, 5.74) is 7.96. The molecule has 0 amide bonds. The molecule has 0 aromatic heterocycles. The first-order chi connectivity index (χ1) is 9.26. The average molecular weight is 264 g/mol. The van der Waals surface area contributed by atoms with E-state index in [4.69, 9.17) is 10.5 Å². The third-order valence-corrected chi connectivity index (χ3v) is 3.62. The fourth-order valence-corrected chi connectivity index (χ4v) is 2.58. The van der Waals surface area contributed by atoms with E-state index in [1.165, 1.54) is 0 Å². The number of aliphatic hydroxyl groups excluding tert-OH is 1. The molecule has 1 aromatic rings. The van der Waals surface area contributed by atoms with Gasteiger partial charge in [-0.3, -0.25) is 0 Å². The minimum atomic E-state index is 0.252. The third kappa shape index (κ3) is 3.32. The minimum Gasteiger partial charge on any atom is -0.491 e. The lowest BCUT2D eigenvalue weighted by molar-refractivity contribution is 0.209. The Balaban J connectivity index is 2.14. The molecule has 0 bridgehead atoms. The SMILES string of the molecule is CCCOc1cccc(N2CCCC(CO)C2)c1N. The number of para-hydroxylation sites is 1. The first kappa shape index (κ1) is 14.0.